The number of hydrogen-bond donors (Lipinski definition) is 2. The van der Waals surface area contributed by atoms with Crippen LogP contribution >= 0.6 is 11.3 Å². The predicted molar refractivity (Wildman–Crippen MR) is 72.8 cm³/mol. The van der Waals surface area contributed by atoms with Crippen LogP contribution in [0.1, 0.15) is 34.1 Å². The molecule has 2 heterocycles. The molecule has 9 heteroatoms. The summed E-state index contributed by atoms with van der Waals surface area (Å²) in [6.45, 7) is 3.43. The highest BCUT2D eigenvalue weighted by molar-refractivity contribution is 7.91. The second-order valence-electron chi connectivity index (χ2n) is 4.22. The summed E-state index contributed by atoms with van der Waals surface area (Å²) in [5.74, 6) is 0.148. The number of carbonyl (C=O) groups excluding carboxylic acids is 1. The van der Waals surface area contributed by atoms with Gasteiger partial charge in [-0.2, -0.15) is 0 Å². The van der Waals surface area contributed by atoms with Crippen molar-refractivity contribution in [3.8, 4) is 0 Å². The Balaban J connectivity index is 2.10. The average Bonchev–Trinajstić information content (AvgIpc) is 2.95. The molecule has 1 amide bonds. The van der Waals surface area contributed by atoms with Crippen molar-refractivity contribution in [3.05, 3.63) is 34.5 Å². The Hall–Kier alpha value is -1.71. The molecule has 0 fully saturated rings. The molecule has 2 aromatic rings. The number of nitrogens with zero attached hydrogens (tertiary/aromatic N) is 1. The highest BCUT2D eigenvalue weighted by Gasteiger charge is 2.18. The van der Waals surface area contributed by atoms with E-state index in [9.17, 15) is 13.2 Å². The fraction of sp³-hybridized carbons (Fsp3) is 0.273. The molecule has 0 aliphatic carbocycles. The first-order valence-corrected chi connectivity index (χ1v) is 8.00. The smallest absolute Gasteiger partial charge is 0.273 e. The summed E-state index contributed by atoms with van der Waals surface area (Å²) < 4.78 is 27.3. The van der Waals surface area contributed by atoms with Crippen LogP contribution in [0.5, 0.6) is 0 Å². The number of nitrogens with two attached hydrogens (primary N) is 1. The molecule has 3 N–H and O–H groups in total. The van der Waals surface area contributed by atoms with E-state index in [-0.39, 0.29) is 21.9 Å². The van der Waals surface area contributed by atoms with Crippen molar-refractivity contribution >= 4 is 27.3 Å². The lowest BCUT2D eigenvalue weighted by atomic mass is 10.2. The second-order valence-corrected chi connectivity index (χ2v) is 7.12. The van der Waals surface area contributed by atoms with E-state index in [0.717, 1.165) is 11.3 Å². The van der Waals surface area contributed by atoms with Gasteiger partial charge in [0.25, 0.3) is 5.91 Å². The minimum absolute atomic E-state index is 0.0610. The van der Waals surface area contributed by atoms with Crippen molar-refractivity contribution in [2.45, 2.75) is 24.1 Å². The van der Waals surface area contributed by atoms with Crippen molar-refractivity contribution in [1.29, 1.82) is 0 Å². The lowest BCUT2D eigenvalue weighted by Crippen LogP contribution is -2.26. The summed E-state index contributed by atoms with van der Waals surface area (Å²) in [5, 5.41) is 11.3. The number of hydrogen-bond acceptors (Lipinski definition) is 6. The molecule has 0 radical (unpaired) electrons. The van der Waals surface area contributed by atoms with Gasteiger partial charge >= 0.3 is 0 Å². The summed E-state index contributed by atoms with van der Waals surface area (Å²) in [6, 6.07) is 4.19. The quantitative estimate of drug-likeness (QED) is 0.879. The van der Waals surface area contributed by atoms with E-state index in [4.69, 9.17) is 9.66 Å². The molecule has 0 aliphatic heterocycles. The monoisotopic (exact) mass is 315 g/mol. The number of nitrogens with one attached hydrogen (secondary N) is 1. The van der Waals surface area contributed by atoms with E-state index < -0.39 is 10.0 Å². The lowest BCUT2D eigenvalue weighted by Gasteiger charge is -2.10. The maximum Gasteiger partial charge on any atom is 0.273 e. The molecule has 2 aromatic heterocycles. The van der Waals surface area contributed by atoms with Gasteiger partial charge in [0.2, 0.25) is 10.0 Å². The van der Waals surface area contributed by atoms with Gasteiger partial charge in [0, 0.05) is 10.9 Å². The normalized spacial score (nSPS) is 13.2. The molecule has 7 nitrogen and oxygen atoms in total. The standard InChI is InChI=1S/C11H13N3O4S2/c1-6-5-8(14-18-6)11(15)13-7(2)9-3-4-10(19-9)20(12,16)17/h3-5,7H,1-2H3,(H,13,15)(H2,12,16,17). The maximum absolute atomic E-state index is 11.9. The Labute approximate surface area is 119 Å². The number of aromatic nitrogens is 1. The summed E-state index contributed by atoms with van der Waals surface area (Å²) in [5.41, 5.74) is 0.178. The highest BCUT2D eigenvalue weighted by atomic mass is 32.2. The third-order valence-electron chi connectivity index (χ3n) is 2.52. The number of carbonyl (C=O) groups is 1. The number of aryl methyl sites for hydroxylation is 1. The van der Waals surface area contributed by atoms with Crippen LogP contribution in [0.4, 0.5) is 0 Å². The minimum Gasteiger partial charge on any atom is -0.361 e. The van der Waals surface area contributed by atoms with Crippen LogP contribution in [-0.2, 0) is 10.0 Å². The van der Waals surface area contributed by atoms with Crippen molar-refractivity contribution in [2.75, 3.05) is 0 Å². The Morgan fingerprint density at radius 1 is 1.50 bits per heavy atom. The number of primary sulfonamides is 1. The molecule has 2 rings (SSSR count). The van der Waals surface area contributed by atoms with Gasteiger partial charge in [0.05, 0.1) is 6.04 Å². The molecule has 0 aliphatic rings. The van der Waals surface area contributed by atoms with E-state index in [1.165, 1.54) is 12.1 Å². The van der Waals surface area contributed by atoms with Crippen LogP contribution < -0.4 is 10.5 Å². The zero-order valence-corrected chi connectivity index (χ0v) is 12.4. The van der Waals surface area contributed by atoms with Gasteiger partial charge in [0.1, 0.15) is 9.97 Å². The van der Waals surface area contributed by atoms with E-state index in [0.29, 0.717) is 10.6 Å². The molecule has 0 spiro atoms. The summed E-state index contributed by atoms with van der Waals surface area (Å²) in [4.78, 5) is 12.6. The summed E-state index contributed by atoms with van der Waals surface area (Å²) in [6.07, 6.45) is 0. The molecule has 0 saturated heterocycles. The van der Waals surface area contributed by atoms with Gasteiger partial charge in [-0.1, -0.05) is 5.16 Å². The largest absolute Gasteiger partial charge is 0.361 e. The molecule has 1 atom stereocenters. The van der Waals surface area contributed by atoms with E-state index in [2.05, 4.69) is 10.5 Å². The lowest BCUT2D eigenvalue weighted by molar-refractivity contribution is 0.0931. The summed E-state index contributed by atoms with van der Waals surface area (Å²) >= 11 is 1.02. The van der Waals surface area contributed by atoms with Crippen LogP contribution in [-0.4, -0.2) is 19.5 Å². The van der Waals surface area contributed by atoms with Gasteiger partial charge in [0.15, 0.2) is 5.69 Å². The molecular weight excluding hydrogens is 302 g/mol. The fourth-order valence-corrected chi connectivity index (χ4v) is 3.29. The number of amides is 1. The first kappa shape index (κ1) is 14.7. The SMILES string of the molecule is Cc1cc(C(=O)NC(C)c2ccc(S(N)(=O)=O)s2)no1. The Kier molecular flexibility index (Phi) is 3.93. The second kappa shape index (κ2) is 5.35. The topological polar surface area (TPSA) is 115 Å². The molecule has 0 saturated carbocycles. The van der Waals surface area contributed by atoms with E-state index >= 15 is 0 Å². The Morgan fingerprint density at radius 2 is 2.20 bits per heavy atom. The van der Waals surface area contributed by atoms with Crippen LogP contribution in [0.15, 0.2) is 26.9 Å². The maximum atomic E-state index is 11.9. The van der Waals surface area contributed by atoms with Gasteiger partial charge < -0.3 is 9.84 Å². The fourth-order valence-electron chi connectivity index (χ4n) is 1.54. The zero-order valence-electron chi connectivity index (χ0n) is 10.8. The zero-order chi connectivity index (χ0) is 14.9. The first-order chi connectivity index (χ1) is 9.27. The number of sulfonamides is 1. The first-order valence-electron chi connectivity index (χ1n) is 5.64. The van der Waals surface area contributed by atoms with Crippen LogP contribution in [0.2, 0.25) is 0 Å². The van der Waals surface area contributed by atoms with Gasteiger partial charge in [-0.25, -0.2) is 13.6 Å². The third kappa shape index (κ3) is 3.24. The highest BCUT2D eigenvalue weighted by Crippen LogP contribution is 2.25. The van der Waals surface area contributed by atoms with Crippen molar-refractivity contribution < 1.29 is 17.7 Å². The Morgan fingerprint density at radius 3 is 2.70 bits per heavy atom. The predicted octanol–water partition coefficient (Wildman–Crippen LogP) is 1.18. The Bertz CT molecular complexity index is 732. The number of rotatable bonds is 4. The molecule has 1 unspecified atom stereocenters. The molecular formula is C11H13N3O4S2. The van der Waals surface area contributed by atoms with E-state index in [1.54, 1.807) is 19.9 Å². The van der Waals surface area contributed by atoms with Crippen LogP contribution in [0.3, 0.4) is 0 Å². The minimum atomic E-state index is -3.71. The van der Waals surface area contributed by atoms with Crippen molar-refractivity contribution in [3.63, 3.8) is 0 Å². The van der Waals surface area contributed by atoms with Gasteiger partial charge in [-0.3, -0.25) is 4.79 Å². The van der Waals surface area contributed by atoms with Gasteiger partial charge in [-0.15, -0.1) is 11.3 Å². The van der Waals surface area contributed by atoms with Gasteiger partial charge in [-0.05, 0) is 26.0 Å². The third-order valence-corrected chi connectivity index (χ3v) is 5.22. The molecule has 0 aromatic carbocycles. The van der Waals surface area contributed by atoms with E-state index in [1.807, 2.05) is 0 Å². The molecule has 108 valence electrons. The van der Waals surface area contributed by atoms with Crippen molar-refractivity contribution in [2.24, 2.45) is 5.14 Å². The molecule has 0 bridgehead atoms. The van der Waals surface area contributed by atoms with Crippen LogP contribution in [0, 0.1) is 6.92 Å². The number of thiophene rings is 1. The summed E-state index contributed by atoms with van der Waals surface area (Å²) in [7, 11) is -3.71. The van der Waals surface area contributed by atoms with Crippen LogP contribution in [0.25, 0.3) is 0 Å². The molecule has 20 heavy (non-hydrogen) atoms. The van der Waals surface area contributed by atoms with Crippen molar-refractivity contribution in [1.82, 2.24) is 10.5 Å². The average molecular weight is 315 g/mol.